The van der Waals surface area contributed by atoms with E-state index < -0.39 is 15.5 Å². The molecule has 1 heterocycles. The third-order valence-corrected chi connectivity index (χ3v) is 127. The highest BCUT2D eigenvalue weighted by Crippen LogP contribution is 3.30. The Labute approximate surface area is 235 Å². The molecule has 0 N–H and O–H groups in total. The van der Waals surface area contributed by atoms with Crippen LogP contribution in [-0.2, 0) is 0 Å². The van der Waals surface area contributed by atoms with Gasteiger partial charge in [0.15, 0.2) is 0 Å². The Hall–Kier alpha value is 3.61. The molecule has 0 aromatic heterocycles. The van der Waals surface area contributed by atoms with Gasteiger partial charge in [-0.25, -0.2) is 0 Å². The molecule has 0 saturated carbocycles. The maximum absolute atomic E-state index is 3.13. The summed E-state index contributed by atoms with van der Waals surface area (Å²) in [7, 11) is -3.39. The van der Waals surface area contributed by atoms with Gasteiger partial charge < -0.3 is 0 Å². The molecule has 0 spiro atoms. The van der Waals surface area contributed by atoms with E-state index >= 15 is 0 Å². The molecule has 0 aliphatic carbocycles. The van der Waals surface area contributed by atoms with Crippen LogP contribution < -0.4 is 0 Å². The molecule has 0 amide bonds. The van der Waals surface area contributed by atoms with Crippen LogP contribution in [0.4, 0.5) is 0 Å². The zero-order chi connectivity index (χ0) is 26.3. The fourth-order valence-corrected chi connectivity index (χ4v) is 229. The van der Waals surface area contributed by atoms with Crippen LogP contribution >= 0.6 is 67.7 Å². The first-order valence-electron chi connectivity index (χ1n) is 12.1. The van der Waals surface area contributed by atoms with Crippen molar-refractivity contribution in [1.82, 2.24) is 0 Å². The summed E-state index contributed by atoms with van der Waals surface area (Å²) in [5.41, 5.74) is 0. The van der Waals surface area contributed by atoms with Crippen molar-refractivity contribution >= 4 is 83.1 Å². The molecular formula is C24H54I2P4Si2. The zero-order valence-electron chi connectivity index (χ0n) is 24.5. The van der Waals surface area contributed by atoms with Crippen molar-refractivity contribution in [2.75, 3.05) is 0 Å². The van der Waals surface area contributed by atoms with Gasteiger partial charge in [0.05, 0.1) is 0 Å². The minimum Gasteiger partial charge on any atom is -0.0622 e. The Kier molecular flexibility index (Phi) is 10.2. The highest BCUT2D eigenvalue weighted by atomic mass is 127. The van der Waals surface area contributed by atoms with Gasteiger partial charge in [-0.05, 0) is 88.0 Å². The second-order valence-corrected chi connectivity index (χ2v) is 69.5. The second kappa shape index (κ2) is 9.66. The van der Waals surface area contributed by atoms with Crippen LogP contribution in [0.2, 0.25) is 30.2 Å². The van der Waals surface area contributed by atoms with Crippen molar-refractivity contribution < 1.29 is 0 Å². The number of hydrogen-bond acceptors (Lipinski definition) is 0. The quantitative estimate of drug-likeness (QED) is 0.149. The first-order chi connectivity index (χ1) is 13.6. The molecule has 0 aromatic carbocycles. The van der Waals surface area contributed by atoms with E-state index in [2.05, 4.69) is 169 Å². The zero-order valence-corrected chi connectivity index (χ0v) is 34.4. The summed E-state index contributed by atoms with van der Waals surface area (Å²) in [6.45, 7) is 47.8. The largest absolute Gasteiger partial charge is 0.110 e. The maximum atomic E-state index is 3.13. The van der Waals surface area contributed by atoms with Crippen LogP contribution in [0.15, 0.2) is 0 Å². The topological polar surface area (TPSA) is 0 Å². The normalized spacial score (nSPS) is 27.4. The SMILES string of the molecule is CC(C)(C)[Si](P1P(I)P([Si](C(C)(C)C)(C(C)(C)C)C(C)(C)C)P1I)(C(C)(C)C)C(C)(C)C. The number of rotatable bonds is 2. The van der Waals surface area contributed by atoms with E-state index in [1.165, 1.54) is 0 Å². The Morgan fingerprint density at radius 1 is 0.344 bits per heavy atom. The van der Waals surface area contributed by atoms with Gasteiger partial charge in [0.25, 0.3) is 0 Å². The van der Waals surface area contributed by atoms with Crippen LogP contribution in [0.3, 0.4) is 0 Å². The fraction of sp³-hybridized carbons (Fsp3) is 1.00. The molecule has 0 nitrogen and oxygen atoms in total. The first-order valence-corrected chi connectivity index (χ1v) is 31.5. The summed E-state index contributed by atoms with van der Waals surface area (Å²) >= 11 is 6.25. The average Bonchev–Trinajstić information content (AvgIpc) is 2.41. The predicted octanol–water partition coefficient (Wildman–Crippen LogP) is 15.0. The molecule has 1 aliphatic rings. The number of hydrogen-bond donors (Lipinski definition) is 0. The van der Waals surface area contributed by atoms with Crippen LogP contribution in [-0.4, -0.2) is 15.5 Å². The molecule has 8 heteroatoms. The molecule has 1 aliphatic heterocycles. The van der Waals surface area contributed by atoms with E-state index in [0.29, 0.717) is 30.2 Å². The second-order valence-electron chi connectivity index (χ2n) is 16.0. The van der Waals surface area contributed by atoms with E-state index in [0.717, 1.165) is 0 Å². The maximum Gasteiger partial charge on any atom is 0.110 e. The van der Waals surface area contributed by atoms with Crippen LogP contribution in [0.1, 0.15) is 125 Å². The van der Waals surface area contributed by atoms with Crippen molar-refractivity contribution in [3.05, 3.63) is 0 Å². The van der Waals surface area contributed by atoms with E-state index in [9.17, 15) is 0 Å². The van der Waals surface area contributed by atoms with Gasteiger partial charge in [0.2, 0.25) is 0 Å². The van der Waals surface area contributed by atoms with E-state index in [-0.39, 0.29) is 23.6 Å². The van der Waals surface area contributed by atoms with Crippen molar-refractivity contribution in [2.45, 2.75) is 155 Å². The fourth-order valence-electron chi connectivity index (χ4n) is 9.30. The van der Waals surface area contributed by atoms with Crippen molar-refractivity contribution in [3.63, 3.8) is 0 Å². The molecule has 0 unspecified atom stereocenters. The Morgan fingerprint density at radius 3 is 0.562 bits per heavy atom. The molecule has 0 bridgehead atoms. The lowest BCUT2D eigenvalue weighted by atomic mass is 10.2. The summed E-state index contributed by atoms with van der Waals surface area (Å²) in [6.07, 6.45) is 0. The van der Waals surface area contributed by atoms with Crippen LogP contribution in [0.5, 0.6) is 0 Å². The summed E-state index contributed by atoms with van der Waals surface area (Å²) in [5.74, 6) is 0. The summed E-state index contributed by atoms with van der Waals surface area (Å²) < 4.78 is 0. The Bertz CT molecular complexity index is 546. The average molecular weight is 777 g/mol. The van der Waals surface area contributed by atoms with Crippen molar-refractivity contribution in [1.29, 1.82) is 0 Å². The lowest BCUT2D eigenvalue weighted by molar-refractivity contribution is 0.558. The molecular weight excluding hydrogens is 722 g/mol. The highest BCUT2D eigenvalue weighted by molar-refractivity contribution is 14.2. The van der Waals surface area contributed by atoms with Gasteiger partial charge in [-0.15, -0.1) is 0 Å². The van der Waals surface area contributed by atoms with Crippen molar-refractivity contribution in [2.24, 2.45) is 0 Å². The van der Waals surface area contributed by atoms with E-state index in [4.69, 9.17) is 0 Å². The van der Waals surface area contributed by atoms with E-state index in [1.54, 1.807) is 0 Å². The van der Waals surface area contributed by atoms with Crippen LogP contribution in [0, 0.1) is 0 Å². The lowest BCUT2D eigenvalue weighted by Gasteiger charge is -2.74. The summed E-state index contributed by atoms with van der Waals surface area (Å²) in [5, 5.41) is 2.60. The molecule has 1 rings (SSSR count). The number of halogens is 2. The molecule has 0 aromatic rings. The standard InChI is InChI=1S/C24H54I2P4Si2/c1-19(2,3)31(20(4,5)6,21(7,8)9)29-27(25)30(28(29)26)32(22(10,11)12,23(13,14)15)24(16,17)18/h1-18H3. The smallest absolute Gasteiger partial charge is 0.0622 e. The third-order valence-electron chi connectivity index (χ3n) is 7.74. The molecule has 1 fully saturated rings. The minimum absolute atomic E-state index is 0.0989. The highest BCUT2D eigenvalue weighted by Gasteiger charge is 2.77. The predicted molar refractivity (Wildman–Crippen MR) is 186 cm³/mol. The van der Waals surface area contributed by atoms with E-state index in [1.807, 2.05) is 0 Å². The first kappa shape index (κ1) is 33.6. The summed E-state index contributed by atoms with van der Waals surface area (Å²) in [6, 6.07) is 0. The monoisotopic (exact) mass is 776 g/mol. The van der Waals surface area contributed by atoms with Crippen molar-refractivity contribution in [3.8, 4) is 0 Å². The summed E-state index contributed by atoms with van der Waals surface area (Å²) in [4.78, 5) is 0.198. The van der Waals surface area contributed by atoms with Crippen LogP contribution in [0.25, 0.3) is 0 Å². The van der Waals surface area contributed by atoms with Gasteiger partial charge in [0.1, 0.15) is 15.5 Å². The third kappa shape index (κ3) is 4.88. The van der Waals surface area contributed by atoms with Gasteiger partial charge in [-0.1, -0.05) is 125 Å². The van der Waals surface area contributed by atoms with Gasteiger partial charge in [0, 0.05) is 9.88 Å². The molecule has 32 heavy (non-hydrogen) atoms. The molecule has 0 atom stereocenters. The molecule has 192 valence electrons. The Morgan fingerprint density at radius 2 is 0.469 bits per heavy atom. The lowest BCUT2D eigenvalue weighted by Crippen LogP contribution is -2.59. The minimum atomic E-state index is -1.70. The van der Waals surface area contributed by atoms with Gasteiger partial charge in [-0.3, -0.25) is 0 Å². The Balaban J connectivity index is 3.98. The van der Waals surface area contributed by atoms with Gasteiger partial charge in [-0.2, -0.15) is 0 Å². The van der Waals surface area contributed by atoms with Gasteiger partial charge >= 0.3 is 0 Å². The molecule has 1 saturated heterocycles. The molecule has 0 radical (unpaired) electrons.